The number of aromatic nitrogens is 2. The van der Waals surface area contributed by atoms with E-state index in [0.717, 1.165) is 24.5 Å². The van der Waals surface area contributed by atoms with Gasteiger partial charge in [-0.1, -0.05) is 49.4 Å². The maximum absolute atomic E-state index is 15.4. The van der Waals surface area contributed by atoms with Crippen molar-refractivity contribution in [3.63, 3.8) is 0 Å². The largest absolute Gasteiger partial charge is 0.486 e. The molecule has 1 saturated carbocycles. The van der Waals surface area contributed by atoms with Gasteiger partial charge in [-0.2, -0.15) is 4.98 Å². The molecule has 1 saturated heterocycles. The summed E-state index contributed by atoms with van der Waals surface area (Å²) in [6.45, 7) is 8.91. The molecule has 0 spiro atoms. The van der Waals surface area contributed by atoms with Crippen molar-refractivity contribution < 1.29 is 18.3 Å². The molecule has 0 radical (unpaired) electrons. The van der Waals surface area contributed by atoms with Gasteiger partial charge in [0.05, 0.1) is 10.7 Å². The molecule has 7 nitrogen and oxygen atoms in total. The van der Waals surface area contributed by atoms with Crippen molar-refractivity contribution in [2.75, 3.05) is 24.5 Å². The summed E-state index contributed by atoms with van der Waals surface area (Å²) in [5, 5.41) is 0.687. The quantitative estimate of drug-likeness (QED) is 0.262. The van der Waals surface area contributed by atoms with Gasteiger partial charge < -0.3 is 14.5 Å². The minimum Gasteiger partial charge on any atom is -0.486 e. The van der Waals surface area contributed by atoms with Crippen LogP contribution in [0.3, 0.4) is 0 Å². The third-order valence-electron chi connectivity index (χ3n) is 9.05. The smallest absolute Gasteiger partial charge is 0.354 e. The number of halogens is 3. The van der Waals surface area contributed by atoms with Crippen LogP contribution in [0, 0.1) is 11.6 Å². The first-order valence-corrected chi connectivity index (χ1v) is 14.7. The summed E-state index contributed by atoms with van der Waals surface area (Å²) in [7, 11) is 0. The number of nitrogens with zero attached hydrogens (tertiary/aromatic N) is 4. The molecule has 1 aliphatic carbocycles. The average Bonchev–Trinajstić information content (AvgIpc) is 3.76. The van der Waals surface area contributed by atoms with E-state index in [2.05, 4.69) is 18.5 Å². The Labute approximate surface area is 252 Å². The van der Waals surface area contributed by atoms with Gasteiger partial charge in [-0.3, -0.25) is 9.36 Å². The van der Waals surface area contributed by atoms with Gasteiger partial charge in [0.15, 0.2) is 17.4 Å². The Morgan fingerprint density at radius 3 is 2.65 bits per heavy atom. The molecule has 1 aromatic heterocycles. The zero-order chi connectivity index (χ0) is 30.2. The molecule has 3 aliphatic rings. The molecule has 2 fully saturated rings. The highest BCUT2D eigenvalue weighted by molar-refractivity contribution is 6.35. The van der Waals surface area contributed by atoms with Crippen molar-refractivity contribution in [1.29, 1.82) is 0 Å². The monoisotopic (exact) mass is 602 g/mol. The predicted octanol–water partition coefficient (Wildman–Crippen LogP) is 6.15. The van der Waals surface area contributed by atoms with Crippen LogP contribution in [0.25, 0.3) is 27.7 Å². The van der Waals surface area contributed by atoms with Crippen molar-refractivity contribution in [1.82, 2.24) is 14.5 Å². The number of ether oxygens (including phenoxy) is 1. The molecule has 3 heterocycles. The topological polar surface area (TPSA) is 67.7 Å². The molecular formula is C33H29ClF2N4O3. The van der Waals surface area contributed by atoms with Gasteiger partial charge in [0.1, 0.15) is 17.9 Å². The van der Waals surface area contributed by atoms with Gasteiger partial charge in [0, 0.05) is 47.8 Å². The van der Waals surface area contributed by atoms with E-state index < -0.39 is 17.3 Å². The molecule has 10 heteroatoms. The number of para-hydroxylation sites is 1. The van der Waals surface area contributed by atoms with Gasteiger partial charge in [0.2, 0.25) is 5.91 Å². The van der Waals surface area contributed by atoms with Crippen molar-refractivity contribution in [2.24, 2.45) is 0 Å². The van der Waals surface area contributed by atoms with Crippen LogP contribution in [-0.2, 0) is 16.8 Å². The lowest BCUT2D eigenvalue weighted by atomic mass is 9.93. The summed E-state index contributed by atoms with van der Waals surface area (Å²) < 4.78 is 37.8. The number of rotatable bonds is 4. The van der Waals surface area contributed by atoms with E-state index in [-0.39, 0.29) is 45.9 Å². The van der Waals surface area contributed by atoms with Crippen LogP contribution in [0.2, 0.25) is 5.02 Å². The highest BCUT2D eigenvalue weighted by Crippen LogP contribution is 2.52. The second kappa shape index (κ2) is 9.91. The Hall–Kier alpha value is -4.24. The van der Waals surface area contributed by atoms with E-state index in [1.54, 1.807) is 11.0 Å². The number of fused-ring (bicyclic) bond motifs is 5. The number of hydrogen-bond acceptors (Lipinski definition) is 5. The van der Waals surface area contributed by atoms with Gasteiger partial charge in [-0.05, 0) is 55.0 Å². The Morgan fingerprint density at radius 2 is 1.93 bits per heavy atom. The first kappa shape index (κ1) is 27.6. The molecule has 0 bridgehead atoms. The summed E-state index contributed by atoms with van der Waals surface area (Å²) >= 11 is 6.89. The van der Waals surface area contributed by atoms with Crippen LogP contribution in [0.1, 0.15) is 37.8 Å². The Morgan fingerprint density at radius 1 is 1.16 bits per heavy atom. The van der Waals surface area contributed by atoms with E-state index in [1.165, 1.54) is 16.7 Å². The minimum atomic E-state index is -1.02. The molecule has 0 N–H and O–H groups in total. The standard InChI is InChI=1S/C33H29ClF2N4O3/c1-4-25(41)38-13-14-39(18(2)16-38)31-20-15-22(34)27-26-19(9-10-23(35)28(26)36)17-43-30(27)29(20)40(32(42)37-31)24-8-6-5-7-21(24)33(3)11-12-33/h4-10,15,18H,1,11-14,16-17H2,2-3H3/t18-/m0/s1. The van der Waals surface area contributed by atoms with Crippen molar-refractivity contribution in [3.8, 4) is 22.6 Å². The van der Waals surface area contributed by atoms with Gasteiger partial charge >= 0.3 is 5.69 Å². The lowest BCUT2D eigenvalue weighted by Gasteiger charge is -2.40. The fraction of sp³-hybridized carbons (Fsp3) is 0.303. The van der Waals surface area contributed by atoms with Crippen molar-refractivity contribution in [3.05, 3.63) is 93.4 Å². The highest BCUT2D eigenvalue weighted by Gasteiger charge is 2.42. The molecule has 1 amide bonds. The number of hydrogen-bond donors (Lipinski definition) is 0. The molecule has 0 unspecified atom stereocenters. The zero-order valence-corrected chi connectivity index (χ0v) is 24.5. The average molecular weight is 603 g/mol. The van der Waals surface area contributed by atoms with E-state index in [1.807, 2.05) is 36.1 Å². The van der Waals surface area contributed by atoms with Crippen LogP contribution < -0.4 is 15.3 Å². The maximum Gasteiger partial charge on any atom is 0.354 e. The van der Waals surface area contributed by atoms with Crippen LogP contribution in [0.15, 0.2) is 59.9 Å². The second-order valence-electron chi connectivity index (χ2n) is 11.8. The maximum atomic E-state index is 15.4. The fourth-order valence-electron chi connectivity index (χ4n) is 6.49. The van der Waals surface area contributed by atoms with E-state index in [4.69, 9.17) is 16.3 Å². The van der Waals surface area contributed by atoms with Gasteiger partial charge in [-0.25, -0.2) is 13.6 Å². The molecule has 1 atom stereocenters. The summed E-state index contributed by atoms with van der Waals surface area (Å²) in [6.07, 6.45) is 3.25. The Bertz CT molecular complexity index is 1920. The molecule has 2 aliphatic heterocycles. The Kier molecular flexibility index (Phi) is 6.36. The van der Waals surface area contributed by atoms with Crippen LogP contribution in [-0.4, -0.2) is 46.0 Å². The van der Waals surface area contributed by atoms with Gasteiger partial charge in [0.25, 0.3) is 0 Å². The number of anilines is 1. The van der Waals surface area contributed by atoms with E-state index in [9.17, 15) is 14.0 Å². The van der Waals surface area contributed by atoms with E-state index >= 15 is 4.39 Å². The summed E-state index contributed by atoms with van der Waals surface area (Å²) in [5.74, 6) is -1.59. The molecule has 43 heavy (non-hydrogen) atoms. The van der Waals surface area contributed by atoms with E-state index in [0.29, 0.717) is 47.6 Å². The molecule has 4 aromatic rings. The minimum absolute atomic E-state index is 0.0258. The fourth-order valence-corrected chi connectivity index (χ4v) is 6.78. The number of piperazine rings is 1. The zero-order valence-electron chi connectivity index (χ0n) is 23.8. The van der Waals surface area contributed by atoms with Crippen LogP contribution in [0.5, 0.6) is 5.75 Å². The molecule has 7 rings (SSSR count). The lowest BCUT2D eigenvalue weighted by Crippen LogP contribution is -2.54. The van der Waals surface area contributed by atoms with Gasteiger partial charge in [-0.15, -0.1) is 0 Å². The predicted molar refractivity (Wildman–Crippen MR) is 162 cm³/mol. The normalized spacial score (nSPS) is 18.6. The second-order valence-corrected chi connectivity index (χ2v) is 12.2. The van der Waals surface area contributed by atoms with Crippen molar-refractivity contribution in [2.45, 2.75) is 44.8 Å². The van der Waals surface area contributed by atoms with Crippen molar-refractivity contribution >= 4 is 34.2 Å². The first-order chi connectivity index (χ1) is 20.6. The lowest BCUT2D eigenvalue weighted by molar-refractivity contribution is -0.126. The number of benzene rings is 3. The summed E-state index contributed by atoms with van der Waals surface area (Å²) in [5.41, 5.74) is 2.09. The van der Waals surface area contributed by atoms with Crippen LogP contribution in [0.4, 0.5) is 14.6 Å². The number of carbonyl (C=O) groups excluding carboxylic acids is 1. The molecule has 220 valence electrons. The Balaban J connectivity index is 1.54. The summed E-state index contributed by atoms with van der Waals surface area (Å²) in [4.78, 5) is 34.8. The number of amides is 1. The summed E-state index contributed by atoms with van der Waals surface area (Å²) in [6, 6.07) is 11.7. The first-order valence-electron chi connectivity index (χ1n) is 14.3. The third-order valence-corrected chi connectivity index (χ3v) is 9.35. The molecule has 3 aromatic carbocycles. The number of carbonyl (C=O) groups is 1. The highest BCUT2D eigenvalue weighted by atomic mass is 35.5. The SMILES string of the molecule is C=CC(=O)N1CCN(c2nc(=O)n(-c3ccccc3C3(C)CC3)c3c4c(c(Cl)cc23)-c2c(ccc(F)c2F)CO4)[C@@H](C)C1. The molecular weight excluding hydrogens is 574 g/mol. The third kappa shape index (κ3) is 4.24. The van der Waals surface area contributed by atoms with Crippen LogP contribution >= 0.6 is 11.6 Å².